The lowest BCUT2D eigenvalue weighted by molar-refractivity contribution is -0.144. The van der Waals surface area contributed by atoms with Gasteiger partial charge in [0.1, 0.15) is 12.3 Å². The Bertz CT molecular complexity index is 345. The van der Waals surface area contributed by atoms with E-state index in [0.29, 0.717) is 11.8 Å². The Labute approximate surface area is 109 Å². The van der Waals surface area contributed by atoms with Crippen molar-refractivity contribution in [3.8, 4) is 0 Å². The number of carbonyl (C=O) groups excluding carboxylic acids is 1. The third kappa shape index (κ3) is 4.46. The number of hydrogen-bond donors (Lipinski definition) is 2. The summed E-state index contributed by atoms with van der Waals surface area (Å²) in [7, 11) is 1.33. The van der Waals surface area contributed by atoms with E-state index in [2.05, 4.69) is 21.2 Å². The molecule has 0 fully saturated rings. The van der Waals surface area contributed by atoms with Gasteiger partial charge in [-0.05, 0) is 12.0 Å². The van der Waals surface area contributed by atoms with Gasteiger partial charge in [0.2, 0.25) is 0 Å². The Kier molecular flexibility index (Phi) is 6.18. The van der Waals surface area contributed by atoms with Crippen LogP contribution < -0.4 is 5.32 Å². The number of alkyl halides is 1. The van der Waals surface area contributed by atoms with Gasteiger partial charge in [0.25, 0.3) is 0 Å². The summed E-state index contributed by atoms with van der Waals surface area (Å²) >= 11 is 3.23. The van der Waals surface area contributed by atoms with Gasteiger partial charge >= 0.3 is 5.97 Å². The van der Waals surface area contributed by atoms with Gasteiger partial charge in [-0.1, -0.05) is 46.3 Å². The molecule has 0 heterocycles. The molecule has 17 heavy (non-hydrogen) atoms. The average Bonchev–Trinajstić information content (AvgIpc) is 2.36. The van der Waals surface area contributed by atoms with E-state index in [9.17, 15) is 9.90 Å². The third-order valence-electron chi connectivity index (χ3n) is 2.31. The van der Waals surface area contributed by atoms with E-state index in [-0.39, 0.29) is 0 Å². The molecule has 0 aliphatic heterocycles. The zero-order valence-corrected chi connectivity index (χ0v) is 11.2. The SMILES string of the molecule is COC(=O)[C@H](NC(O)CCBr)c1ccccc1. The van der Waals surface area contributed by atoms with Gasteiger partial charge in [-0.15, -0.1) is 0 Å². The highest BCUT2D eigenvalue weighted by Gasteiger charge is 2.23. The molecule has 0 aromatic heterocycles. The average molecular weight is 302 g/mol. The number of aliphatic hydroxyl groups is 1. The van der Waals surface area contributed by atoms with Crippen molar-refractivity contribution in [2.24, 2.45) is 0 Å². The second-order valence-corrected chi connectivity index (χ2v) is 4.32. The maximum absolute atomic E-state index is 11.6. The summed E-state index contributed by atoms with van der Waals surface area (Å²) in [5.74, 6) is -0.412. The van der Waals surface area contributed by atoms with E-state index in [1.807, 2.05) is 30.3 Å². The number of halogens is 1. The maximum atomic E-state index is 11.6. The molecule has 2 N–H and O–H groups in total. The molecule has 0 bridgehead atoms. The van der Waals surface area contributed by atoms with Crippen molar-refractivity contribution in [2.45, 2.75) is 18.7 Å². The highest BCUT2D eigenvalue weighted by atomic mass is 79.9. The van der Waals surface area contributed by atoms with Gasteiger partial charge in [-0.2, -0.15) is 0 Å². The molecular formula is C12H16BrNO3. The van der Waals surface area contributed by atoms with Crippen LogP contribution in [0.5, 0.6) is 0 Å². The highest BCUT2D eigenvalue weighted by molar-refractivity contribution is 9.09. The minimum absolute atomic E-state index is 0.412. The van der Waals surface area contributed by atoms with Crippen molar-refractivity contribution < 1.29 is 14.6 Å². The molecule has 1 aromatic rings. The topological polar surface area (TPSA) is 58.6 Å². The largest absolute Gasteiger partial charge is 0.468 e. The molecule has 0 amide bonds. The van der Waals surface area contributed by atoms with E-state index in [4.69, 9.17) is 4.74 Å². The first-order valence-corrected chi connectivity index (χ1v) is 6.44. The van der Waals surface area contributed by atoms with Crippen LogP contribution in [0.2, 0.25) is 0 Å². The lowest BCUT2D eigenvalue weighted by atomic mass is 10.1. The Morgan fingerprint density at radius 2 is 2.12 bits per heavy atom. The first-order valence-electron chi connectivity index (χ1n) is 5.32. The summed E-state index contributed by atoms with van der Waals surface area (Å²) < 4.78 is 4.72. The molecular weight excluding hydrogens is 286 g/mol. The van der Waals surface area contributed by atoms with E-state index < -0.39 is 18.2 Å². The second kappa shape index (κ2) is 7.42. The number of methoxy groups -OCH3 is 1. The molecule has 0 radical (unpaired) electrons. The lowest BCUT2D eigenvalue weighted by Gasteiger charge is -2.20. The quantitative estimate of drug-likeness (QED) is 0.476. The van der Waals surface area contributed by atoms with Gasteiger partial charge in [-0.25, -0.2) is 4.79 Å². The van der Waals surface area contributed by atoms with Gasteiger partial charge in [0.05, 0.1) is 7.11 Å². The number of hydrogen-bond acceptors (Lipinski definition) is 4. The molecule has 0 aliphatic carbocycles. The number of benzene rings is 1. The van der Waals surface area contributed by atoms with Gasteiger partial charge in [0.15, 0.2) is 0 Å². The van der Waals surface area contributed by atoms with Crippen molar-refractivity contribution >= 4 is 21.9 Å². The van der Waals surface area contributed by atoms with Crippen LogP contribution in [0, 0.1) is 0 Å². The normalized spacial score (nSPS) is 14.1. The molecule has 2 atom stereocenters. The Morgan fingerprint density at radius 1 is 1.47 bits per heavy atom. The summed E-state index contributed by atoms with van der Waals surface area (Å²) in [6.45, 7) is 0. The van der Waals surface area contributed by atoms with Crippen LogP contribution in [0.15, 0.2) is 30.3 Å². The van der Waals surface area contributed by atoms with E-state index in [0.717, 1.165) is 5.56 Å². The molecule has 4 nitrogen and oxygen atoms in total. The van der Waals surface area contributed by atoms with Crippen molar-refractivity contribution in [1.29, 1.82) is 0 Å². The fourth-order valence-electron chi connectivity index (χ4n) is 1.44. The van der Waals surface area contributed by atoms with Crippen LogP contribution in [-0.4, -0.2) is 29.7 Å². The number of aliphatic hydroxyl groups excluding tert-OH is 1. The van der Waals surface area contributed by atoms with E-state index in [1.54, 1.807) is 0 Å². The van der Waals surface area contributed by atoms with Crippen LogP contribution in [0.3, 0.4) is 0 Å². The maximum Gasteiger partial charge on any atom is 0.327 e. The number of rotatable bonds is 6. The highest BCUT2D eigenvalue weighted by Crippen LogP contribution is 2.15. The van der Waals surface area contributed by atoms with Crippen molar-refractivity contribution in [2.75, 3.05) is 12.4 Å². The molecule has 0 saturated carbocycles. The van der Waals surface area contributed by atoms with Gasteiger partial charge in [0, 0.05) is 5.33 Å². The van der Waals surface area contributed by atoms with E-state index >= 15 is 0 Å². The van der Waals surface area contributed by atoms with Crippen molar-refractivity contribution in [3.05, 3.63) is 35.9 Å². The lowest BCUT2D eigenvalue weighted by Crippen LogP contribution is -2.37. The predicted octanol–water partition coefficient (Wildman–Crippen LogP) is 1.59. The predicted molar refractivity (Wildman–Crippen MR) is 68.8 cm³/mol. The first kappa shape index (κ1) is 14.2. The van der Waals surface area contributed by atoms with Crippen LogP contribution >= 0.6 is 15.9 Å². The molecule has 0 saturated heterocycles. The number of nitrogens with one attached hydrogen (secondary N) is 1. The number of esters is 1. The fourth-order valence-corrected chi connectivity index (χ4v) is 1.88. The molecule has 0 spiro atoms. The zero-order valence-electron chi connectivity index (χ0n) is 9.60. The standard InChI is InChI=1S/C12H16BrNO3/c1-17-12(16)11(14-10(15)7-8-13)9-5-3-2-4-6-9/h2-6,10-11,14-15H,7-8H2,1H3/t10?,11-/m1/s1. The molecule has 94 valence electrons. The summed E-state index contributed by atoms with van der Waals surface area (Å²) in [6.07, 6.45) is -0.237. The smallest absolute Gasteiger partial charge is 0.327 e. The molecule has 1 unspecified atom stereocenters. The van der Waals surface area contributed by atoms with Crippen molar-refractivity contribution in [1.82, 2.24) is 5.32 Å². The van der Waals surface area contributed by atoms with Gasteiger partial charge in [-0.3, -0.25) is 5.32 Å². The fraction of sp³-hybridized carbons (Fsp3) is 0.417. The first-order chi connectivity index (χ1) is 8.19. The van der Waals surface area contributed by atoms with Gasteiger partial charge < -0.3 is 9.84 Å². The summed E-state index contributed by atoms with van der Waals surface area (Å²) in [4.78, 5) is 11.6. The third-order valence-corrected chi connectivity index (χ3v) is 2.77. The van der Waals surface area contributed by atoms with Crippen LogP contribution in [0.25, 0.3) is 0 Å². The second-order valence-electron chi connectivity index (χ2n) is 3.53. The van der Waals surface area contributed by atoms with Crippen LogP contribution in [0.4, 0.5) is 0 Å². The molecule has 1 aromatic carbocycles. The Hall–Kier alpha value is -0.910. The summed E-state index contributed by atoms with van der Waals surface area (Å²) in [6, 6.07) is 8.53. The number of ether oxygens (including phenoxy) is 1. The van der Waals surface area contributed by atoms with Crippen LogP contribution in [0.1, 0.15) is 18.0 Å². The van der Waals surface area contributed by atoms with E-state index in [1.165, 1.54) is 7.11 Å². The van der Waals surface area contributed by atoms with Crippen molar-refractivity contribution in [3.63, 3.8) is 0 Å². The minimum Gasteiger partial charge on any atom is -0.468 e. The zero-order chi connectivity index (χ0) is 12.7. The molecule has 5 heteroatoms. The van der Waals surface area contributed by atoms with Crippen LogP contribution in [-0.2, 0) is 9.53 Å². The monoisotopic (exact) mass is 301 g/mol. The molecule has 0 aliphatic rings. The molecule has 1 rings (SSSR count). The number of carbonyl (C=O) groups is 1. The minimum atomic E-state index is -0.751. The Balaban J connectivity index is 2.78. The Morgan fingerprint density at radius 3 is 2.65 bits per heavy atom. The summed E-state index contributed by atoms with van der Waals surface area (Å²) in [5.41, 5.74) is 0.771. The summed E-state index contributed by atoms with van der Waals surface area (Å²) in [5, 5.41) is 13.2.